The van der Waals surface area contributed by atoms with Crippen LogP contribution >= 0.6 is 22.6 Å². The van der Waals surface area contributed by atoms with E-state index in [1.54, 1.807) is 0 Å². The Kier molecular flexibility index (Phi) is 4.05. The first-order valence-corrected chi connectivity index (χ1v) is 4.87. The molecule has 1 N–H and O–H groups in total. The molecule has 0 aromatic carbocycles. The van der Waals surface area contributed by atoms with Gasteiger partial charge in [0, 0.05) is 16.0 Å². The number of anilines is 1. The van der Waals surface area contributed by atoms with Gasteiger partial charge >= 0.3 is 12.3 Å². The van der Waals surface area contributed by atoms with E-state index in [2.05, 4.69) is 9.97 Å². The van der Waals surface area contributed by atoms with Gasteiger partial charge in [-0.15, -0.1) is 0 Å². The Morgan fingerprint density at radius 2 is 1.87 bits per heavy atom. The highest BCUT2D eigenvalue weighted by molar-refractivity contribution is 14.1. The molecule has 0 atom stereocenters. The summed E-state index contributed by atoms with van der Waals surface area (Å²) in [6, 6.07) is 0. The second-order valence-electron chi connectivity index (χ2n) is 2.64. The Morgan fingerprint density at radius 3 is 2.33 bits per heavy atom. The third-order valence-electron chi connectivity index (χ3n) is 1.42. The van der Waals surface area contributed by atoms with Crippen molar-refractivity contribution in [1.82, 2.24) is 9.97 Å². The van der Waals surface area contributed by atoms with Gasteiger partial charge in [0.05, 0.1) is 6.54 Å². The molecular weight excluding hydrogens is 329 g/mol. The minimum absolute atomic E-state index is 0.101. The number of aromatic nitrogens is 2. The fourth-order valence-corrected chi connectivity index (χ4v) is 0.956. The van der Waals surface area contributed by atoms with Gasteiger partial charge in [0.25, 0.3) is 0 Å². The third-order valence-corrected chi connectivity index (χ3v) is 1.98. The molecule has 0 saturated heterocycles. The first-order chi connectivity index (χ1) is 6.92. The van der Waals surface area contributed by atoms with Gasteiger partial charge in [-0.3, -0.25) is 0 Å². The normalized spacial score (nSPS) is 11.9. The van der Waals surface area contributed by atoms with E-state index in [1.807, 2.05) is 27.9 Å². The van der Waals surface area contributed by atoms with Crippen molar-refractivity contribution in [3.05, 3.63) is 16.0 Å². The average molecular weight is 335 g/mol. The first-order valence-electron chi connectivity index (χ1n) is 3.79. The summed E-state index contributed by atoms with van der Waals surface area (Å²) < 4.78 is 49.1. The van der Waals surface area contributed by atoms with E-state index in [-0.39, 0.29) is 5.95 Å². The summed E-state index contributed by atoms with van der Waals surface area (Å²) in [6.45, 7) is -1.19. The van der Waals surface area contributed by atoms with Crippen LogP contribution in [0.2, 0.25) is 0 Å². The Balaban J connectivity index is 2.54. The number of hydrogen-bond donors (Lipinski definition) is 1. The molecule has 1 aromatic heterocycles. The van der Waals surface area contributed by atoms with Crippen molar-refractivity contribution >= 4 is 28.5 Å². The molecule has 0 fully saturated rings. The van der Waals surface area contributed by atoms with E-state index in [1.165, 1.54) is 12.4 Å². The molecule has 0 bridgehead atoms. The number of nitrogens with one attached hydrogen (secondary N) is 1. The van der Waals surface area contributed by atoms with Gasteiger partial charge < -0.3 is 5.32 Å². The van der Waals surface area contributed by atoms with Crippen LogP contribution in [0.3, 0.4) is 0 Å². The Hall–Kier alpha value is -0.670. The predicted molar refractivity (Wildman–Crippen MR) is 54.2 cm³/mol. The predicted octanol–water partition coefficient (Wildman–Crippen LogP) is 2.39. The van der Waals surface area contributed by atoms with Crippen molar-refractivity contribution in [2.45, 2.75) is 12.3 Å². The molecule has 0 unspecified atom stereocenters. The highest BCUT2D eigenvalue weighted by atomic mass is 127. The van der Waals surface area contributed by atoms with E-state index < -0.39 is 18.9 Å². The second kappa shape index (κ2) is 4.90. The smallest absolute Gasteiger partial charge is 0.324 e. The topological polar surface area (TPSA) is 37.8 Å². The summed E-state index contributed by atoms with van der Waals surface area (Å²) in [7, 11) is 0. The highest BCUT2D eigenvalue weighted by Gasteiger charge is 2.40. The van der Waals surface area contributed by atoms with Crippen LogP contribution in [-0.2, 0) is 0 Å². The van der Waals surface area contributed by atoms with E-state index >= 15 is 0 Å². The molecule has 3 nitrogen and oxygen atoms in total. The van der Waals surface area contributed by atoms with Crippen LogP contribution in [0.5, 0.6) is 0 Å². The van der Waals surface area contributed by atoms with Crippen LogP contribution in [0.25, 0.3) is 0 Å². The molecule has 8 heteroatoms. The molecule has 0 aliphatic carbocycles. The average Bonchev–Trinajstić information content (AvgIpc) is 2.17. The molecule has 0 spiro atoms. The zero-order valence-electron chi connectivity index (χ0n) is 7.22. The minimum atomic E-state index is -4.08. The van der Waals surface area contributed by atoms with E-state index in [0.29, 0.717) is 0 Å². The lowest BCUT2D eigenvalue weighted by atomic mass is 10.3. The summed E-state index contributed by atoms with van der Waals surface area (Å²) >= 11 is 1.93. The van der Waals surface area contributed by atoms with Gasteiger partial charge in [-0.2, -0.15) is 8.78 Å². The third kappa shape index (κ3) is 3.76. The van der Waals surface area contributed by atoms with Crippen LogP contribution in [0.1, 0.15) is 0 Å². The van der Waals surface area contributed by atoms with Gasteiger partial charge in [-0.05, 0) is 22.6 Å². The number of nitrogens with zero attached hydrogens (tertiary/aromatic N) is 2. The summed E-state index contributed by atoms with van der Waals surface area (Å²) in [5.74, 6) is -4.18. The van der Waals surface area contributed by atoms with Crippen molar-refractivity contribution in [2.24, 2.45) is 0 Å². The maximum atomic E-state index is 12.4. The molecule has 15 heavy (non-hydrogen) atoms. The fraction of sp³-hybridized carbons (Fsp3) is 0.429. The number of hydrogen-bond acceptors (Lipinski definition) is 3. The minimum Gasteiger partial charge on any atom is -0.348 e. The van der Waals surface area contributed by atoms with E-state index in [9.17, 15) is 17.6 Å². The summed E-state index contributed by atoms with van der Waals surface area (Å²) in [5.41, 5.74) is 0. The molecule has 0 amide bonds. The lowest BCUT2D eigenvalue weighted by molar-refractivity contribution is -0.117. The zero-order chi connectivity index (χ0) is 11.5. The van der Waals surface area contributed by atoms with Crippen molar-refractivity contribution in [3.8, 4) is 0 Å². The van der Waals surface area contributed by atoms with Crippen LogP contribution in [-0.4, -0.2) is 28.9 Å². The van der Waals surface area contributed by atoms with Gasteiger partial charge in [-0.1, -0.05) is 0 Å². The SMILES string of the molecule is FC(F)C(F)(F)CNc1ncc(I)cn1. The lowest BCUT2D eigenvalue weighted by Gasteiger charge is -2.15. The second-order valence-corrected chi connectivity index (χ2v) is 3.89. The molecule has 0 saturated carbocycles. The zero-order valence-corrected chi connectivity index (χ0v) is 9.38. The largest absolute Gasteiger partial charge is 0.348 e. The van der Waals surface area contributed by atoms with Crippen molar-refractivity contribution in [2.75, 3.05) is 11.9 Å². The van der Waals surface area contributed by atoms with Gasteiger partial charge in [-0.25, -0.2) is 18.7 Å². The monoisotopic (exact) mass is 335 g/mol. The number of rotatable bonds is 4. The van der Waals surface area contributed by atoms with Crippen molar-refractivity contribution in [3.63, 3.8) is 0 Å². The quantitative estimate of drug-likeness (QED) is 0.678. The van der Waals surface area contributed by atoms with E-state index in [0.717, 1.165) is 3.57 Å². The Bertz CT molecular complexity index is 317. The van der Waals surface area contributed by atoms with Crippen LogP contribution < -0.4 is 5.32 Å². The first kappa shape index (κ1) is 12.4. The standard InChI is InChI=1S/C7H6F4IN3/c8-5(9)7(10,11)3-15-6-13-1-4(12)2-14-6/h1-2,5H,3H2,(H,13,14,15). The molecule has 0 radical (unpaired) electrons. The van der Waals surface area contributed by atoms with Gasteiger partial charge in [0.1, 0.15) is 0 Å². The van der Waals surface area contributed by atoms with Crippen LogP contribution in [0.15, 0.2) is 12.4 Å². The molecule has 1 heterocycles. The van der Waals surface area contributed by atoms with Crippen LogP contribution in [0.4, 0.5) is 23.5 Å². The Morgan fingerprint density at radius 1 is 1.33 bits per heavy atom. The maximum Gasteiger partial charge on any atom is 0.324 e. The van der Waals surface area contributed by atoms with Gasteiger partial charge in [0.15, 0.2) is 0 Å². The Labute approximate surface area is 96.4 Å². The summed E-state index contributed by atoms with van der Waals surface area (Å²) in [5, 5.41) is 2.04. The molecule has 0 aliphatic heterocycles. The summed E-state index contributed by atoms with van der Waals surface area (Å²) in [6.07, 6.45) is -0.929. The molecule has 0 aliphatic rings. The lowest BCUT2D eigenvalue weighted by Crippen LogP contribution is -2.35. The van der Waals surface area contributed by atoms with Crippen molar-refractivity contribution < 1.29 is 17.6 Å². The molecular formula is C7H6F4IN3. The van der Waals surface area contributed by atoms with Gasteiger partial charge in [0.2, 0.25) is 5.95 Å². The number of halogens is 5. The molecule has 1 rings (SSSR count). The van der Waals surface area contributed by atoms with E-state index in [4.69, 9.17) is 0 Å². The number of alkyl halides is 4. The van der Waals surface area contributed by atoms with Crippen molar-refractivity contribution in [1.29, 1.82) is 0 Å². The molecule has 1 aromatic rings. The fourth-order valence-electron chi connectivity index (χ4n) is 0.678. The summed E-state index contributed by atoms with van der Waals surface area (Å²) in [4.78, 5) is 7.27. The molecule has 84 valence electrons. The highest BCUT2D eigenvalue weighted by Crippen LogP contribution is 2.22. The van der Waals surface area contributed by atoms with Crippen LogP contribution in [0, 0.1) is 3.57 Å². The maximum absolute atomic E-state index is 12.4.